The molecule has 26 heavy (non-hydrogen) atoms. The van der Waals surface area contributed by atoms with Crippen LogP contribution in [0, 0.1) is 0 Å². The number of hydrogen-bond acceptors (Lipinski definition) is 6. The van der Waals surface area contributed by atoms with Gasteiger partial charge in [-0.05, 0) is 52.2 Å². The molecule has 2 heterocycles. The van der Waals surface area contributed by atoms with Crippen LogP contribution in [0.25, 0.3) is 0 Å². The van der Waals surface area contributed by atoms with Crippen molar-refractivity contribution in [3.05, 3.63) is 58.1 Å². The maximum Gasteiger partial charge on any atom is 0.243 e. The molecule has 0 fully saturated rings. The van der Waals surface area contributed by atoms with Crippen LogP contribution < -0.4 is 14.8 Å². The molecule has 0 unspecified atom stereocenters. The van der Waals surface area contributed by atoms with E-state index in [0.717, 1.165) is 16.5 Å². The average molecular weight is 416 g/mol. The fourth-order valence-electron chi connectivity index (χ4n) is 3.32. The highest BCUT2D eigenvalue weighted by atomic mass is 79.9. The van der Waals surface area contributed by atoms with Crippen molar-refractivity contribution in [3.8, 4) is 11.5 Å². The van der Waals surface area contributed by atoms with Crippen molar-refractivity contribution in [2.24, 2.45) is 0 Å². The summed E-state index contributed by atoms with van der Waals surface area (Å²) in [5, 5.41) is 15.6. The summed E-state index contributed by atoms with van der Waals surface area (Å²) in [5.74, 6) is 2.05. The van der Waals surface area contributed by atoms with Crippen molar-refractivity contribution in [2.75, 3.05) is 19.5 Å². The molecular weight excluding hydrogens is 398 g/mol. The number of nitrogens with one attached hydrogen (secondary N) is 1. The van der Waals surface area contributed by atoms with Gasteiger partial charge >= 0.3 is 0 Å². The van der Waals surface area contributed by atoms with Crippen LogP contribution in [0.5, 0.6) is 11.5 Å². The molecule has 3 aromatic rings. The number of fused-ring (bicyclic) bond motifs is 1. The molecule has 2 atom stereocenters. The standard InChI is InChI=1S/C18H18BrN5O2/c1-25-16-7-6-12(9-17(16)26-2)15-10-14(11-4-3-5-13(19)8-11)20-18-21-22-23-24(15)18/h3-9,14-15H,10H2,1-2H3,(H,20,21,23)/t14-,15-/m1/s1. The van der Waals surface area contributed by atoms with Crippen LogP contribution >= 0.6 is 15.9 Å². The van der Waals surface area contributed by atoms with Crippen molar-refractivity contribution in [1.29, 1.82) is 0 Å². The first-order chi connectivity index (χ1) is 12.7. The molecule has 7 nitrogen and oxygen atoms in total. The third-order valence-electron chi connectivity index (χ3n) is 4.59. The minimum atomic E-state index is -0.00922. The first-order valence-electron chi connectivity index (χ1n) is 8.21. The summed E-state index contributed by atoms with van der Waals surface area (Å²) in [6, 6.07) is 14.3. The summed E-state index contributed by atoms with van der Waals surface area (Å²) < 4.78 is 13.7. The second kappa shape index (κ2) is 6.95. The van der Waals surface area contributed by atoms with E-state index in [4.69, 9.17) is 9.47 Å². The number of benzene rings is 2. The predicted molar refractivity (Wildman–Crippen MR) is 101 cm³/mol. The van der Waals surface area contributed by atoms with Crippen LogP contribution in [0.15, 0.2) is 46.9 Å². The van der Waals surface area contributed by atoms with Gasteiger partial charge < -0.3 is 14.8 Å². The number of nitrogens with zero attached hydrogens (tertiary/aromatic N) is 4. The first-order valence-corrected chi connectivity index (χ1v) is 9.00. The van der Waals surface area contributed by atoms with Gasteiger partial charge in [0.05, 0.1) is 26.3 Å². The van der Waals surface area contributed by atoms with Crippen molar-refractivity contribution in [2.45, 2.75) is 18.5 Å². The summed E-state index contributed by atoms with van der Waals surface area (Å²) in [6.07, 6.45) is 0.810. The second-order valence-corrected chi connectivity index (χ2v) is 6.98. The summed E-state index contributed by atoms with van der Waals surface area (Å²) in [4.78, 5) is 0. The van der Waals surface area contributed by atoms with Gasteiger partial charge in [0.1, 0.15) is 0 Å². The Morgan fingerprint density at radius 2 is 1.92 bits per heavy atom. The summed E-state index contributed by atoms with van der Waals surface area (Å²) >= 11 is 3.54. The molecule has 1 aromatic heterocycles. The van der Waals surface area contributed by atoms with Crippen LogP contribution in [-0.2, 0) is 0 Å². The molecule has 0 saturated carbocycles. The minimum absolute atomic E-state index is 0.00922. The Kier molecular flexibility index (Phi) is 4.50. The topological polar surface area (TPSA) is 74.1 Å². The quantitative estimate of drug-likeness (QED) is 0.701. The number of tetrazole rings is 1. The van der Waals surface area contributed by atoms with E-state index in [1.807, 2.05) is 35.0 Å². The molecule has 4 rings (SSSR count). The molecule has 0 bridgehead atoms. The molecule has 2 aromatic carbocycles. The molecule has 134 valence electrons. The molecule has 1 N–H and O–H groups in total. The lowest BCUT2D eigenvalue weighted by atomic mass is 9.93. The van der Waals surface area contributed by atoms with Crippen LogP contribution in [-0.4, -0.2) is 34.4 Å². The number of anilines is 1. The van der Waals surface area contributed by atoms with E-state index in [-0.39, 0.29) is 12.1 Å². The zero-order chi connectivity index (χ0) is 18.1. The van der Waals surface area contributed by atoms with Crippen LogP contribution in [0.2, 0.25) is 0 Å². The Hall–Kier alpha value is -2.61. The maximum absolute atomic E-state index is 5.46. The van der Waals surface area contributed by atoms with Crippen LogP contribution in [0.1, 0.15) is 29.6 Å². The lowest BCUT2D eigenvalue weighted by molar-refractivity contribution is 0.352. The maximum atomic E-state index is 5.46. The lowest BCUT2D eigenvalue weighted by Crippen LogP contribution is -2.28. The van der Waals surface area contributed by atoms with Gasteiger partial charge in [0.15, 0.2) is 11.5 Å². The molecule has 8 heteroatoms. The zero-order valence-corrected chi connectivity index (χ0v) is 16.0. The lowest BCUT2D eigenvalue weighted by Gasteiger charge is -2.31. The third-order valence-corrected chi connectivity index (χ3v) is 5.09. The van der Waals surface area contributed by atoms with Gasteiger partial charge in [0.25, 0.3) is 0 Å². The van der Waals surface area contributed by atoms with Gasteiger partial charge in [-0.25, -0.2) is 4.68 Å². The minimum Gasteiger partial charge on any atom is -0.493 e. The van der Waals surface area contributed by atoms with Crippen molar-refractivity contribution >= 4 is 21.9 Å². The summed E-state index contributed by atoms with van der Waals surface area (Å²) in [5.41, 5.74) is 2.25. The molecule has 0 spiro atoms. The van der Waals surface area contributed by atoms with E-state index >= 15 is 0 Å². The van der Waals surface area contributed by atoms with E-state index in [1.165, 1.54) is 5.56 Å². The normalized spacial score (nSPS) is 18.7. The molecule has 0 radical (unpaired) electrons. The zero-order valence-electron chi connectivity index (χ0n) is 14.4. The Bertz CT molecular complexity index is 929. The summed E-state index contributed by atoms with van der Waals surface area (Å²) in [6.45, 7) is 0. The number of ether oxygens (including phenoxy) is 2. The second-order valence-electron chi connectivity index (χ2n) is 6.06. The average Bonchev–Trinajstić information content (AvgIpc) is 3.15. The Morgan fingerprint density at radius 3 is 2.69 bits per heavy atom. The van der Waals surface area contributed by atoms with E-state index < -0.39 is 0 Å². The number of aromatic nitrogens is 4. The van der Waals surface area contributed by atoms with Crippen molar-refractivity contribution in [3.63, 3.8) is 0 Å². The largest absolute Gasteiger partial charge is 0.493 e. The first kappa shape index (κ1) is 16.8. The van der Waals surface area contributed by atoms with E-state index in [2.05, 4.69) is 48.9 Å². The van der Waals surface area contributed by atoms with Gasteiger partial charge in [-0.1, -0.05) is 39.2 Å². The van der Waals surface area contributed by atoms with E-state index in [0.29, 0.717) is 17.4 Å². The molecular formula is C18H18BrN5O2. The van der Waals surface area contributed by atoms with Crippen LogP contribution in [0.4, 0.5) is 5.95 Å². The number of rotatable bonds is 4. The molecule has 1 aliphatic rings. The number of halogens is 1. The van der Waals surface area contributed by atoms with E-state index in [9.17, 15) is 0 Å². The number of hydrogen-bond donors (Lipinski definition) is 1. The van der Waals surface area contributed by atoms with Gasteiger partial charge in [0, 0.05) is 4.47 Å². The Labute approximate surface area is 159 Å². The highest BCUT2D eigenvalue weighted by Crippen LogP contribution is 2.39. The van der Waals surface area contributed by atoms with Gasteiger partial charge in [-0.3, -0.25) is 0 Å². The molecule has 0 aliphatic carbocycles. The van der Waals surface area contributed by atoms with Crippen LogP contribution in [0.3, 0.4) is 0 Å². The number of methoxy groups -OCH3 is 2. The fourth-order valence-corrected chi connectivity index (χ4v) is 3.73. The van der Waals surface area contributed by atoms with Crippen molar-refractivity contribution < 1.29 is 9.47 Å². The van der Waals surface area contributed by atoms with Gasteiger partial charge in [-0.2, -0.15) is 0 Å². The highest BCUT2D eigenvalue weighted by molar-refractivity contribution is 9.10. The third kappa shape index (κ3) is 3.01. The smallest absolute Gasteiger partial charge is 0.243 e. The predicted octanol–water partition coefficient (Wildman–Crippen LogP) is 3.60. The fraction of sp³-hybridized carbons (Fsp3) is 0.278. The van der Waals surface area contributed by atoms with E-state index in [1.54, 1.807) is 14.2 Å². The highest BCUT2D eigenvalue weighted by Gasteiger charge is 2.31. The SMILES string of the molecule is COc1ccc([C@H]2C[C@H](c3cccc(Br)c3)Nc3nnnn32)cc1OC. The van der Waals surface area contributed by atoms with Gasteiger partial charge in [0.2, 0.25) is 5.95 Å². The summed E-state index contributed by atoms with van der Waals surface area (Å²) in [7, 11) is 3.27. The van der Waals surface area contributed by atoms with Gasteiger partial charge in [-0.15, -0.1) is 0 Å². The Morgan fingerprint density at radius 1 is 1.08 bits per heavy atom. The molecule has 1 aliphatic heterocycles. The molecule has 0 saturated heterocycles. The monoisotopic (exact) mass is 415 g/mol. The molecule has 0 amide bonds. The Balaban J connectivity index is 1.74. The van der Waals surface area contributed by atoms with Crippen molar-refractivity contribution in [1.82, 2.24) is 20.2 Å².